The predicted molar refractivity (Wildman–Crippen MR) is 114 cm³/mol. The van der Waals surface area contributed by atoms with Crippen LogP contribution in [0.25, 0.3) is 0 Å². The van der Waals surface area contributed by atoms with Gasteiger partial charge < -0.3 is 10.6 Å². The van der Waals surface area contributed by atoms with Crippen LogP contribution in [0.4, 0.5) is 5.69 Å². The summed E-state index contributed by atoms with van der Waals surface area (Å²) in [5.41, 5.74) is 3.40. The van der Waals surface area contributed by atoms with E-state index >= 15 is 0 Å². The smallest absolute Gasteiger partial charge is 0.168 e. The molecule has 1 aromatic carbocycles. The average Bonchev–Trinajstić information content (AvgIpc) is 2.66. The number of hydrogen-bond donors (Lipinski definition) is 2. The first-order valence-corrected chi connectivity index (χ1v) is 9.50. The van der Waals surface area contributed by atoms with Crippen LogP contribution in [0.15, 0.2) is 59.9 Å². The van der Waals surface area contributed by atoms with Gasteiger partial charge in [-0.1, -0.05) is 44.3 Å². The molecule has 2 aromatic rings. The number of carbonyl (C=O) groups is 1. The summed E-state index contributed by atoms with van der Waals surface area (Å²) >= 11 is 5.57. The van der Waals surface area contributed by atoms with Crippen molar-refractivity contribution in [3.8, 4) is 6.07 Å². The Morgan fingerprint density at radius 3 is 2.71 bits per heavy atom. The van der Waals surface area contributed by atoms with Crippen molar-refractivity contribution in [1.82, 2.24) is 10.3 Å². The van der Waals surface area contributed by atoms with Crippen LogP contribution in [0.3, 0.4) is 0 Å². The predicted octanol–water partition coefficient (Wildman–Crippen LogP) is 4.13. The third-order valence-corrected chi connectivity index (χ3v) is 4.88. The fourth-order valence-corrected chi connectivity index (χ4v) is 3.66. The molecule has 1 aromatic heterocycles. The monoisotopic (exact) mass is 390 g/mol. The molecule has 0 unspecified atom stereocenters. The van der Waals surface area contributed by atoms with Gasteiger partial charge in [-0.05, 0) is 41.7 Å². The number of ketones is 1. The maximum atomic E-state index is 12.9. The molecule has 3 rings (SSSR count). The first kappa shape index (κ1) is 19.7. The zero-order chi connectivity index (χ0) is 20.1. The Labute approximate surface area is 170 Å². The van der Waals surface area contributed by atoms with Crippen LogP contribution >= 0.6 is 12.2 Å². The van der Waals surface area contributed by atoms with Crippen molar-refractivity contribution in [2.24, 2.45) is 5.41 Å². The highest BCUT2D eigenvalue weighted by atomic mass is 32.1. The fraction of sp³-hybridized carbons (Fsp3) is 0.273. The molecule has 5 nitrogen and oxygen atoms in total. The first-order chi connectivity index (χ1) is 13.4. The van der Waals surface area contributed by atoms with Gasteiger partial charge in [-0.2, -0.15) is 5.26 Å². The molecular formula is C22H22N4OS. The maximum Gasteiger partial charge on any atom is 0.168 e. The number of Topliss-reactive ketones (excluding diaryl/α,β-unsaturated/α-hetero) is 1. The summed E-state index contributed by atoms with van der Waals surface area (Å²) in [6, 6.07) is 15.2. The van der Waals surface area contributed by atoms with Crippen LogP contribution in [-0.2, 0) is 11.3 Å². The number of thiocarbonyl (C=S) groups is 1. The normalized spacial score (nSPS) is 15.7. The van der Waals surface area contributed by atoms with Crippen LogP contribution in [0.1, 0.15) is 37.9 Å². The summed E-state index contributed by atoms with van der Waals surface area (Å²) < 4.78 is 0. The molecule has 1 aliphatic rings. The quantitative estimate of drug-likeness (QED) is 0.748. The summed E-state index contributed by atoms with van der Waals surface area (Å²) in [5.74, 6) is 0.0413. The summed E-state index contributed by atoms with van der Waals surface area (Å²) in [4.78, 5) is 17.3. The largest absolute Gasteiger partial charge is 0.384 e. The molecule has 0 saturated carbocycles. The minimum atomic E-state index is -0.138. The highest BCUT2D eigenvalue weighted by molar-refractivity contribution is 7.81. The Kier molecular flexibility index (Phi) is 5.86. The molecule has 28 heavy (non-hydrogen) atoms. The molecule has 0 aliphatic heterocycles. The van der Waals surface area contributed by atoms with Crippen LogP contribution in [-0.4, -0.2) is 15.8 Å². The van der Waals surface area contributed by atoms with E-state index in [9.17, 15) is 4.79 Å². The molecule has 1 aliphatic carbocycles. The fourth-order valence-electron chi connectivity index (χ4n) is 3.30. The number of para-hydroxylation sites is 1. The minimum absolute atomic E-state index is 0.0413. The van der Waals surface area contributed by atoms with Crippen LogP contribution in [0.5, 0.6) is 0 Å². The molecule has 0 fully saturated rings. The number of anilines is 1. The van der Waals surface area contributed by atoms with Crippen LogP contribution in [0, 0.1) is 16.7 Å². The molecule has 142 valence electrons. The van der Waals surface area contributed by atoms with Crippen molar-refractivity contribution in [1.29, 1.82) is 5.26 Å². The Hall–Kier alpha value is -3.04. The number of allylic oxidation sites excluding steroid dienone is 1. The summed E-state index contributed by atoms with van der Waals surface area (Å²) in [6.45, 7) is 4.65. The molecule has 1 heterocycles. The van der Waals surface area contributed by atoms with Gasteiger partial charge in [-0.25, -0.2) is 4.98 Å². The highest BCUT2D eigenvalue weighted by Crippen LogP contribution is 2.36. The topological polar surface area (TPSA) is 77.8 Å². The van der Waals surface area contributed by atoms with E-state index in [1.807, 2.05) is 42.5 Å². The number of carbonyl (C=O) groups excluding carboxylic acids is 1. The van der Waals surface area contributed by atoms with Gasteiger partial charge in [0.1, 0.15) is 16.8 Å². The molecule has 6 heteroatoms. The van der Waals surface area contributed by atoms with Crippen molar-refractivity contribution in [2.45, 2.75) is 33.2 Å². The Bertz CT molecular complexity index is 974. The van der Waals surface area contributed by atoms with Crippen molar-refractivity contribution >= 4 is 28.7 Å². The molecule has 0 amide bonds. The zero-order valence-corrected chi connectivity index (χ0v) is 16.8. The second kappa shape index (κ2) is 8.32. The summed E-state index contributed by atoms with van der Waals surface area (Å²) in [5, 5.41) is 15.6. The van der Waals surface area contributed by atoms with Crippen LogP contribution in [0.2, 0.25) is 0 Å². The molecular weight excluding hydrogens is 368 g/mol. The lowest BCUT2D eigenvalue weighted by molar-refractivity contribution is -0.117. The van der Waals surface area contributed by atoms with Gasteiger partial charge in [0.15, 0.2) is 5.78 Å². The zero-order valence-electron chi connectivity index (χ0n) is 16.0. The van der Waals surface area contributed by atoms with Crippen LogP contribution < -0.4 is 10.6 Å². The Morgan fingerprint density at radius 1 is 1.25 bits per heavy atom. The van der Waals surface area contributed by atoms with E-state index in [-0.39, 0.29) is 11.2 Å². The van der Waals surface area contributed by atoms with E-state index in [2.05, 4.69) is 29.5 Å². The van der Waals surface area contributed by atoms with Crippen molar-refractivity contribution in [3.05, 3.63) is 71.2 Å². The summed E-state index contributed by atoms with van der Waals surface area (Å²) in [7, 11) is 0. The second-order valence-corrected chi connectivity index (χ2v) is 8.04. The lowest BCUT2D eigenvalue weighted by Gasteiger charge is -2.33. The van der Waals surface area contributed by atoms with Gasteiger partial charge in [0, 0.05) is 30.5 Å². The van der Waals surface area contributed by atoms with E-state index in [1.54, 1.807) is 12.3 Å². The van der Waals surface area contributed by atoms with Gasteiger partial charge in [0.2, 0.25) is 0 Å². The van der Waals surface area contributed by atoms with E-state index in [4.69, 9.17) is 17.5 Å². The maximum absolute atomic E-state index is 12.9. The first-order valence-electron chi connectivity index (χ1n) is 9.10. The Morgan fingerprint density at radius 2 is 2.00 bits per heavy atom. The molecule has 0 saturated heterocycles. The third-order valence-electron chi connectivity index (χ3n) is 4.58. The number of nitrogens with one attached hydrogen (secondary N) is 2. The molecule has 0 bridgehead atoms. The molecule has 0 radical (unpaired) electrons. The molecule has 0 atom stereocenters. The number of aromatic nitrogens is 1. The van der Waals surface area contributed by atoms with Gasteiger partial charge in [-0.3, -0.25) is 4.79 Å². The summed E-state index contributed by atoms with van der Waals surface area (Å²) in [6.07, 6.45) is 2.79. The van der Waals surface area contributed by atoms with Gasteiger partial charge in [0.05, 0.1) is 5.57 Å². The van der Waals surface area contributed by atoms with Crippen molar-refractivity contribution < 1.29 is 4.79 Å². The van der Waals surface area contributed by atoms with Gasteiger partial charge in [0.25, 0.3) is 0 Å². The number of nitrogens with zero attached hydrogens (tertiary/aromatic N) is 2. The van der Waals surface area contributed by atoms with Crippen molar-refractivity contribution in [3.63, 3.8) is 0 Å². The number of rotatable bonds is 5. The standard InChI is InChI=1S/C22H22N4OS/c1-22(2)11-18(25-14-15-8-9-24-17(10-15)13-23)20(19(27)12-22)21(28)26-16-6-4-3-5-7-16/h3-10,25H,11-12,14H2,1-2H3,(H,26,28). The number of pyridine rings is 1. The van der Waals surface area contributed by atoms with Gasteiger partial charge >= 0.3 is 0 Å². The Balaban J connectivity index is 1.86. The number of benzene rings is 1. The highest BCUT2D eigenvalue weighted by Gasteiger charge is 2.34. The van der Waals surface area contributed by atoms with E-state index in [0.29, 0.717) is 29.2 Å². The third kappa shape index (κ3) is 4.81. The number of nitriles is 1. The molecule has 0 spiro atoms. The lowest BCUT2D eigenvalue weighted by Crippen LogP contribution is -2.35. The molecule has 2 N–H and O–H groups in total. The van der Waals surface area contributed by atoms with E-state index in [1.165, 1.54) is 0 Å². The minimum Gasteiger partial charge on any atom is -0.384 e. The van der Waals surface area contributed by atoms with Crippen molar-refractivity contribution in [2.75, 3.05) is 5.32 Å². The van der Waals surface area contributed by atoms with Gasteiger partial charge in [-0.15, -0.1) is 0 Å². The number of hydrogen-bond acceptors (Lipinski definition) is 5. The lowest BCUT2D eigenvalue weighted by atomic mass is 9.75. The van der Waals surface area contributed by atoms with E-state index < -0.39 is 0 Å². The second-order valence-electron chi connectivity index (χ2n) is 7.63. The van der Waals surface area contributed by atoms with E-state index in [0.717, 1.165) is 23.4 Å². The SMILES string of the molecule is CC1(C)CC(=O)C(C(=S)Nc2ccccc2)=C(NCc2ccnc(C#N)c2)C1. The average molecular weight is 391 g/mol.